The Morgan fingerprint density at radius 3 is 2.19 bits per heavy atom. The maximum atomic E-state index is 14.1. The van der Waals surface area contributed by atoms with Crippen LogP contribution in [0.5, 0.6) is 0 Å². The van der Waals surface area contributed by atoms with Gasteiger partial charge in [0.05, 0.1) is 5.56 Å². The summed E-state index contributed by atoms with van der Waals surface area (Å²) < 4.78 is 53.1. The van der Waals surface area contributed by atoms with Gasteiger partial charge < -0.3 is 5.11 Å². The molecule has 2 aromatic rings. The molecule has 0 heterocycles. The van der Waals surface area contributed by atoms with Crippen LogP contribution in [0.15, 0.2) is 30.3 Å². The van der Waals surface area contributed by atoms with Crippen LogP contribution < -0.4 is 0 Å². The van der Waals surface area contributed by atoms with Gasteiger partial charge >= 0.3 is 6.18 Å². The van der Waals surface area contributed by atoms with E-state index >= 15 is 0 Å². The number of carbonyl (C=O) groups is 1. The molecule has 0 radical (unpaired) electrons. The van der Waals surface area contributed by atoms with Crippen molar-refractivity contribution in [2.24, 2.45) is 0 Å². The number of aliphatic hydroxyl groups is 1. The van der Waals surface area contributed by atoms with Gasteiger partial charge in [0, 0.05) is 10.6 Å². The molecule has 1 N–H and O–H groups in total. The molecule has 2 rings (SSSR count). The van der Waals surface area contributed by atoms with Crippen molar-refractivity contribution >= 4 is 17.9 Å². The number of benzene rings is 2. The number of alkyl halides is 3. The van der Waals surface area contributed by atoms with Crippen molar-refractivity contribution in [3.05, 3.63) is 57.9 Å². The number of rotatable bonds is 4. The standard InChI is InChI=1S/C19H17ClF4O2/c1-10(2)14-6-11(9-25)17(21)8-15(14)13-5-4-12(7-16(13)20)18(3,26)19(22,23)24/h4-10,26H,1-3H3. The zero-order valence-electron chi connectivity index (χ0n) is 14.3. The van der Waals surface area contributed by atoms with Crippen LogP contribution in [-0.4, -0.2) is 17.6 Å². The minimum atomic E-state index is -4.88. The van der Waals surface area contributed by atoms with Gasteiger partial charge in [0.25, 0.3) is 0 Å². The van der Waals surface area contributed by atoms with E-state index in [0.29, 0.717) is 29.9 Å². The summed E-state index contributed by atoms with van der Waals surface area (Å²) in [5, 5.41) is 9.72. The summed E-state index contributed by atoms with van der Waals surface area (Å²) >= 11 is 6.15. The van der Waals surface area contributed by atoms with E-state index in [1.807, 2.05) is 13.8 Å². The van der Waals surface area contributed by atoms with Gasteiger partial charge in [0.15, 0.2) is 11.9 Å². The van der Waals surface area contributed by atoms with Gasteiger partial charge in [0.2, 0.25) is 0 Å². The van der Waals surface area contributed by atoms with Crippen LogP contribution in [-0.2, 0) is 5.60 Å². The van der Waals surface area contributed by atoms with Gasteiger partial charge in [-0.1, -0.05) is 37.6 Å². The lowest BCUT2D eigenvalue weighted by Gasteiger charge is -2.27. The number of hydrogen-bond donors (Lipinski definition) is 1. The van der Waals surface area contributed by atoms with Crippen molar-refractivity contribution in [1.29, 1.82) is 0 Å². The fourth-order valence-corrected chi connectivity index (χ4v) is 2.89. The number of halogens is 5. The molecule has 2 nitrogen and oxygen atoms in total. The van der Waals surface area contributed by atoms with Gasteiger partial charge in [-0.2, -0.15) is 13.2 Å². The monoisotopic (exact) mass is 388 g/mol. The third kappa shape index (κ3) is 3.62. The highest BCUT2D eigenvalue weighted by Crippen LogP contribution is 2.42. The Hall–Kier alpha value is -1.92. The van der Waals surface area contributed by atoms with Gasteiger partial charge in [0.1, 0.15) is 5.82 Å². The van der Waals surface area contributed by atoms with Crippen molar-refractivity contribution in [1.82, 2.24) is 0 Å². The molecule has 140 valence electrons. The third-order valence-corrected chi connectivity index (χ3v) is 4.60. The first-order chi connectivity index (χ1) is 11.9. The molecule has 0 saturated carbocycles. The molecule has 0 aliphatic rings. The van der Waals surface area contributed by atoms with E-state index in [2.05, 4.69) is 0 Å². The Morgan fingerprint density at radius 2 is 1.73 bits per heavy atom. The Labute approximate surface area is 153 Å². The van der Waals surface area contributed by atoms with Crippen LogP contribution in [0, 0.1) is 5.82 Å². The highest BCUT2D eigenvalue weighted by atomic mass is 35.5. The highest BCUT2D eigenvalue weighted by Gasteiger charge is 2.51. The molecule has 0 bridgehead atoms. The van der Waals surface area contributed by atoms with Gasteiger partial charge in [-0.05, 0) is 47.7 Å². The van der Waals surface area contributed by atoms with Crippen LogP contribution in [0.1, 0.15) is 48.2 Å². The number of carbonyl (C=O) groups excluding carboxylic acids is 1. The molecule has 26 heavy (non-hydrogen) atoms. The third-order valence-electron chi connectivity index (χ3n) is 4.29. The Morgan fingerprint density at radius 1 is 1.12 bits per heavy atom. The van der Waals surface area contributed by atoms with Gasteiger partial charge in [-0.3, -0.25) is 4.79 Å². The summed E-state index contributed by atoms with van der Waals surface area (Å²) in [5.41, 5.74) is -2.27. The molecule has 1 unspecified atom stereocenters. The zero-order valence-corrected chi connectivity index (χ0v) is 15.0. The molecule has 0 aromatic heterocycles. The lowest BCUT2D eigenvalue weighted by atomic mass is 9.88. The Bertz CT molecular complexity index is 842. The van der Waals surface area contributed by atoms with Gasteiger partial charge in [-0.25, -0.2) is 4.39 Å². The maximum Gasteiger partial charge on any atom is 0.421 e. The van der Waals surface area contributed by atoms with E-state index in [-0.39, 0.29) is 16.5 Å². The molecule has 7 heteroatoms. The minimum absolute atomic E-state index is 0.0628. The quantitative estimate of drug-likeness (QED) is 0.526. The molecule has 0 saturated heterocycles. The second-order valence-corrected chi connectivity index (χ2v) is 6.91. The molecule has 2 aromatic carbocycles. The largest absolute Gasteiger partial charge is 0.421 e. The second-order valence-electron chi connectivity index (χ2n) is 6.50. The van der Waals surface area contributed by atoms with Crippen LogP contribution in [0.3, 0.4) is 0 Å². The Balaban J connectivity index is 2.65. The van der Waals surface area contributed by atoms with Crippen LogP contribution in [0.4, 0.5) is 17.6 Å². The zero-order chi connectivity index (χ0) is 19.9. The summed E-state index contributed by atoms with van der Waals surface area (Å²) in [7, 11) is 0. The SMILES string of the molecule is CC(C)c1cc(C=O)c(F)cc1-c1ccc(C(C)(O)C(F)(F)F)cc1Cl. The van der Waals surface area contributed by atoms with Crippen molar-refractivity contribution in [2.75, 3.05) is 0 Å². The first kappa shape index (κ1) is 20.4. The van der Waals surface area contributed by atoms with Gasteiger partial charge in [-0.15, -0.1) is 0 Å². The fourth-order valence-electron chi connectivity index (χ4n) is 2.61. The van der Waals surface area contributed by atoms with Crippen molar-refractivity contribution in [3.8, 4) is 11.1 Å². The second kappa shape index (κ2) is 7.00. The van der Waals surface area contributed by atoms with Crippen molar-refractivity contribution in [3.63, 3.8) is 0 Å². The lowest BCUT2D eigenvalue weighted by molar-refractivity contribution is -0.258. The summed E-state index contributed by atoms with van der Waals surface area (Å²) in [6.45, 7) is 4.31. The summed E-state index contributed by atoms with van der Waals surface area (Å²) in [5.74, 6) is -0.833. The molecule has 0 aliphatic heterocycles. The maximum absolute atomic E-state index is 14.1. The highest BCUT2D eigenvalue weighted by molar-refractivity contribution is 6.33. The summed E-state index contributed by atoms with van der Waals surface area (Å²) in [6.07, 6.45) is -4.48. The smallest absolute Gasteiger partial charge is 0.376 e. The average Bonchev–Trinajstić information content (AvgIpc) is 2.53. The van der Waals surface area contributed by atoms with E-state index < -0.39 is 23.2 Å². The van der Waals surface area contributed by atoms with E-state index in [0.717, 1.165) is 18.2 Å². The molecule has 0 aliphatic carbocycles. The van der Waals surface area contributed by atoms with E-state index in [9.17, 15) is 27.5 Å². The topological polar surface area (TPSA) is 37.3 Å². The average molecular weight is 389 g/mol. The number of aldehydes is 1. The Kier molecular flexibility index (Phi) is 5.49. The normalized spacial score (nSPS) is 14.4. The first-order valence-electron chi connectivity index (χ1n) is 7.78. The number of hydrogen-bond acceptors (Lipinski definition) is 2. The predicted molar refractivity (Wildman–Crippen MR) is 91.9 cm³/mol. The first-order valence-corrected chi connectivity index (χ1v) is 8.16. The lowest BCUT2D eigenvalue weighted by Crippen LogP contribution is -2.39. The minimum Gasteiger partial charge on any atom is -0.376 e. The van der Waals surface area contributed by atoms with Crippen molar-refractivity contribution < 1.29 is 27.5 Å². The molecular weight excluding hydrogens is 372 g/mol. The van der Waals surface area contributed by atoms with E-state index in [1.165, 1.54) is 12.1 Å². The fraction of sp³-hybridized carbons (Fsp3) is 0.316. The summed E-state index contributed by atoms with van der Waals surface area (Å²) in [4.78, 5) is 11.0. The molecule has 0 spiro atoms. The predicted octanol–water partition coefficient (Wildman–Crippen LogP) is 5.85. The van der Waals surface area contributed by atoms with E-state index in [4.69, 9.17) is 11.6 Å². The van der Waals surface area contributed by atoms with Crippen LogP contribution in [0.2, 0.25) is 5.02 Å². The molecule has 0 fully saturated rings. The van der Waals surface area contributed by atoms with E-state index in [1.54, 1.807) is 0 Å². The van der Waals surface area contributed by atoms with Crippen LogP contribution in [0.25, 0.3) is 11.1 Å². The molecular formula is C19H17ClF4O2. The van der Waals surface area contributed by atoms with Crippen LogP contribution >= 0.6 is 11.6 Å². The summed E-state index contributed by atoms with van der Waals surface area (Å²) in [6, 6.07) is 5.96. The van der Waals surface area contributed by atoms with Crippen molar-refractivity contribution in [2.45, 2.75) is 38.5 Å². The molecule has 0 amide bonds. The molecule has 1 atom stereocenters.